The van der Waals surface area contributed by atoms with E-state index >= 15 is 0 Å². The van der Waals surface area contributed by atoms with Crippen molar-refractivity contribution in [2.45, 2.75) is 12.8 Å². The van der Waals surface area contributed by atoms with Gasteiger partial charge in [-0.05, 0) is 25.0 Å². The Balaban J connectivity index is 0.00000256. The molecule has 1 aromatic carbocycles. The fraction of sp³-hybridized carbons (Fsp3) is 0.273. The van der Waals surface area contributed by atoms with Gasteiger partial charge in [0.1, 0.15) is 5.75 Å². The van der Waals surface area contributed by atoms with Crippen LogP contribution in [0.2, 0.25) is 0 Å². The van der Waals surface area contributed by atoms with E-state index in [0.29, 0.717) is 6.61 Å². The number of hydrogen-bond acceptors (Lipinski definition) is 1. The van der Waals surface area contributed by atoms with Gasteiger partial charge in [-0.25, -0.2) is 0 Å². The van der Waals surface area contributed by atoms with Gasteiger partial charge in [-0.2, -0.15) is 0 Å². The summed E-state index contributed by atoms with van der Waals surface area (Å²) in [6.45, 7) is -0.994. The Hall–Kier alpha value is 0.251. The van der Waals surface area contributed by atoms with Crippen molar-refractivity contribution in [2.24, 2.45) is 0 Å². The zero-order valence-electron chi connectivity index (χ0n) is 9.83. The van der Waals surface area contributed by atoms with Gasteiger partial charge in [0.15, 0.2) is 0 Å². The Labute approximate surface area is 142 Å². The monoisotopic (exact) mass is 268 g/mol. The van der Waals surface area contributed by atoms with Crippen LogP contribution >= 0.6 is 0 Å². The number of unbranched alkanes of at least 4 members (excludes halogenated alkanes) is 1. The molecule has 1 rings (SSSR count). The average Bonchev–Trinajstić information content (AvgIpc) is 2.24. The Morgan fingerprint density at radius 2 is 2.00 bits per heavy atom. The summed E-state index contributed by atoms with van der Waals surface area (Å²) in [7, 11) is 0. The summed E-state index contributed by atoms with van der Waals surface area (Å²) < 4.78 is 42.4. The normalized spacial score (nSPS) is 10.5. The summed E-state index contributed by atoms with van der Waals surface area (Å²) in [6.07, 6.45) is 3.30. The van der Waals surface area contributed by atoms with Gasteiger partial charge >= 0.3 is 58.4 Å². The van der Waals surface area contributed by atoms with Gasteiger partial charge in [0.2, 0.25) is 0 Å². The van der Waals surface area contributed by atoms with Crippen LogP contribution in [0, 0.1) is 0 Å². The van der Waals surface area contributed by atoms with Crippen LogP contribution in [-0.2, 0) is 0 Å². The first-order chi connectivity index (χ1) is 7.54. The first-order valence-corrected chi connectivity index (χ1v) is 5.07. The average molecular weight is 268 g/mol. The molecule has 0 aliphatic heterocycles. The molecule has 0 bridgehead atoms. The molecule has 17 heavy (non-hydrogen) atoms. The standard InChI is InChI=1S/C11H13BF3O.K/c1-2-3-4-8-16-11-7-5-6-10(9-11)12(13,14)15;/h2,5-7,9H,1,3-4,8H2;/q-1;+1. The second kappa shape index (κ2) is 8.37. The summed E-state index contributed by atoms with van der Waals surface area (Å²) in [5.74, 6) is 0.265. The minimum atomic E-state index is -4.95. The summed E-state index contributed by atoms with van der Waals surface area (Å²) in [5.41, 5.74) is -0.624. The molecule has 0 amide bonds. The van der Waals surface area contributed by atoms with E-state index in [1.165, 1.54) is 12.1 Å². The Kier molecular flexibility index (Phi) is 8.49. The van der Waals surface area contributed by atoms with Crippen molar-refractivity contribution in [3.63, 3.8) is 0 Å². The van der Waals surface area contributed by atoms with Crippen LogP contribution in [0.4, 0.5) is 12.9 Å². The second-order valence-corrected chi connectivity index (χ2v) is 3.43. The Morgan fingerprint density at radius 3 is 2.59 bits per heavy atom. The minimum Gasteiger partial charge on any atom is -0.494 e. The molecule has 0 radical (unpaired) electrons. The largest absolute Gasteiger partial charge is 1.00 e. The number of allylic oxidation sites excluding steroid dienone is 1. The van der Waals surface area contributed by atoms with Gasteiger partial charge in [-0.1, -0.05) is 18.2 Å². The van der Waals surface area contributed by atoms with Crippen LogP contribution in [0.25, 0.3) is 0 Å². The molecule has 0 saturated heterocycles. The van der Waals surface area contributed by atoms with Gasteiger partial charge in [0.25, 0.3) is 0 Å². The molecule has 0 N–H and O–H groups in total. The zero-order valence-corrected chi connectivity index (χ0v) is 13.0. The minimum absolute atomic E-state index is 0. The molecule has 0 spiro atoms. The molecule has 0 heterocycles. The van der Waals surface area contributed by atoms with Gasteiger partial charge in [0.05, 0.1) is 6.61 Å². The van der Waals surface area contributed by atoms with E-state index in [0.717, 1.165) is 25.0 Å². The van der Waals surface area contributed by atoms with E-state index in [-0.39, 0.29) is 57.1 Å². The van der Waals surface area contributed by atoms with Crippen molar-refractivity contribution in [1.29, 1.82) is 0 Å². The molecule has 6 heteroatoms. The van der Waals surface area contributed by atoms with Gasteiger partial charge in [0, 0.05) is 0 Å². The van der Waals surface area contributed by atoms with Crippen molar-refractivity contribution in [1.82, 2.24) is 0 Å². The third-order valence-corrected chi connectivity index (χ3v) is 2.06. The number of hydrogen-bond donors (Lipinski definition) is 0. The van der Waals surface area contributed by atoms with Crippen molar-refractivity contribution in [2.75, 3.05) is 6.61 Å². The van der Waals surface area contributed by atoms with Crippen LogP contribution in [0.15, 0.2) is 36.9 Å². The van der Waals surface area contributed by atoms with Gasteiger partial charge < -0.3 is 17.7 Å². The Bertz CT molecular complexity index is 355. The molecule has 0 unspecified atom stereocenters. The number of rotatable bonds is 6. The van der Waals surface area contributed by atoms with Crippen molar-refractivity contribution in [3.8, 4) is 5.75 Å². The molecule has 1 nitrogen and oxygen atoms in total. The van der Waals surface area contributed by atoms with E-state index in [4.69, 9.17) is 4.74 Å². The molecule has 0 aromatic heterocycles. The smallest absolute Gasteiger partial charge is 0.494 e. The molecule has 0 fully saturated rings. The second-order valence-electron chi connectivity index (χ2n) is 3.43. The first kappa shape index (κ1) is 17.3. The molecule has 0 aliphatic carbocycles. The number of benzene rings is 1. The summed E-state index contributed by atoms with van der Waals surface area (Å²) in [6, 6.07) is 4.97. The maximum Gasteiger partial charge on any atom is 1.00 e. The molecule has 1 aromatic rings. The van der Waals surface area contributed by atoms with Crippen molar-refractivity contribution in [3.05, 3.63) is 36.9 Å². The quantitative estimate of drug-likeness (QED) is 0.403. The van der Waals surface area contributed by atoms with Crippen molar-refractivity contribution >= 4 is 12.4 Å². The molecule has 0 aliphatic rings. The van der Waals surface area contributed by atoms with E-state index in [9.17, 15) is 12.9 Å². The third kappa shape index (κ3) is 6.67. The first-order valence-electron chi connectivity index (χ1n) is 5.07. The van der Waals surface area contributed by atoms with Crippen LogP contribution in [0.3, 0.4) is 0 Å². The predicted octanol–water partition coefficient (Wildman–Crippen LogP) is 0.0900. The maximum absolute atomic E-state index is 12.4. The summed E-state index contributed by atoms with van der Waals surface area (Å²) >= 11 is 0. The number of ether oxygens (including phenoxy) is 1. The fourth-order valence-electron chi connectivity index (χ4n) is 1.23. The Morgan fingerprint density at radius 1 is 1.29 bits per heavy atom. The van der Waals surface area contributed by atoms with Crippen LogP contribution in [0.5, 0.6) is 5.75 Å². The molecule has 0 atom stereocenters. The van der Waals surface area contributed by atoms with Crippen LogP contribution in [0.1, 0.15) is 12.8 Å². The summed E-state index contributed by atoms with van der Waals surface area (Å²) in [4.78, 5) is 0. The van der Waals surface area contributed by atoms with Crippen LogP contribution in [-0.4, -0.2) is 13.6 Å². The topological polar surface area (TPSA) is 9.23 Å². The molecular formula is C11H13BF3KO. The van der Waals surface area contributed by atoms with E-state index in [1.54, 1.807) is 6.08 Å². The summed E-state index contributed by atoms with van der Waals surface area (Å²) in [5, 5.41) is 0. The van der Waals surface area contributed by atoms with Crippen molar-refractivity contribution < 1.29 is 69.1 Å². The maximum atomic E-state index is 12.4. The SMILES string of the molecule is C=CCCCOc1cccc([B-](F)(F)F)c1.[K+]. The third-order valence-electron chi connectivity index (χ3n) is 2.06. The van der Waals surface area contributed by atoms with E-state index in [2.05, 4.69) is 6.58 Å². The van der Waals surface area contributed by atoms with Gasteiger partial charge in [-0.3, -0.25) is 0 Å². The zero-order chi connectivity index (χ0) is 12.0. The van der Waals surface area contributed by atoms with Gasteiger partial charge in [-0.15, -0.1) is 12.0 Å². The molecular weight excluding hydrogens is 255 g/mol. The molecule has 0 saturated carbocycles. The van der Waals surface area contributed by atoms with Crippen LogP contribution < -0.4 is 61.6 Å². The van der Waals surface area contributed by atoms with E-state index < -0.39 is 12.4 Å². The number of halogens is 3. The molecule has 88 valence electrons. The fourth-order valence-corrected chi connectivity index (χ4v) is 1.23. The predicted molar refractivity (Wildman–Crippen MR) is 60.1 cm³/mol. The van der Waals surface area contributed by atoms with E-state index in [1.807, 2.05) is 0 Å².